The molecule has 0 N–H and O–H groups in total. The number of furan rings is 1. The molecule has 240 valence electrons. The Morgan fingerprint density at radius 1 is 0.451 bits per heavy atom. The van der Waals surface area contributed by atoms with Gasteiger partial charge in [-0.3, -0.25) is 0 Å². The summed E-state index contributed by atoms with van der Waals surface area (Å²) in [6.07, 6.45) is 0. The van der Waals surface area contributed by atoms with Crippen molar-refractivity contribution < 1.29 is 4.42 Å². The van der Waals surface area contributed by atoms with Crippen molar-refractivity contribution in [2.75, 3.05) is 0 Å². The number of nitrogens with zero attached hydrogens (tertiary/aromatic N) is 2. The summed E-state index contributed by atoms with van der Waals surface area (Å²) in [6, 6.07) is 62.0. The molecule has 0 fully saturated rings. The molecule has 0 saturated carbocycles. The van der Waals surface area contributed by atoms with Gasteiger partial charge in [-0.1, -0.05) is 164 Å². The highest BCUT2D eigenvalue weighted by Crippen LogP contribution is 2.55. The van der Waals surface area contributed by atoms with E-state index < -0.39 is 0 Å². The van der Waals surface area contributed by atoms with Gasteiger partial charge in [0.05, 0.1) is 11.4 Å². The number of hydrogen-bond donors (Lipinski definition) is 0. The molecule has 2 heterocycles. The Kier molecular flexibility index (Phi) is 6.62. The second-order valence-corrected chi connectivity index (χ2v) is 13.4. The van der Waals surface area contributed by atoms with Crippen LogP contribution in [0.5, 0.6) is 0 Å². The van der Waals surface area contributed by atoms with E-state index in [1.54, 1.807) is 0 Å². The van der Waals surface area contributed by atoms with Crippen molar-refractivity contribution in [3.63, 3.8) is 0 Å². The number of fused-ring (bicyclic) bond motifs is 6. The van der Waals surface area contributed by atoms with Gasteiger partial charge in [0.1, 0.15) is 11.2 Å². The molecule has 3 nitrogen and oxygen atoms in total. The quantitative estimate of drug-likeness (QED) is 0.186. The lowest BCUT2D eigenvalue weighted by Gasteiger charge is -2.28. The maximum absolute atomic E-state index is 6.52. The Morgan fingerprint density at radius 3 is 1.84 bits per heavy atom. The van der Waals surface area contributed by atoms with Gasteiger partial charge >= 0.3 is 0 Å². The minimum atomic E-state index is -0.306. The van der Waals surface area contributed by atoms with Crippen molar-refractivity contribution in [2.24, 2.45) is 0 Å². The van der Waals surface area contributed by atoms with Crippen LogP contribution in [0.15, 0.2) is 180 Å². The summed E-state index contributed by atoms with van der Waals surface area (Å²) in [5, 5.41) is 2.22. The van der Waals surface area contributed by atoms with Gasteiger partial charge in [-0.05, 0) is 52.4 Å². The normalized spacial score (nSPS) is 14.8. The largest absolute Gasteiger partial charge is 0.455 e. The number of para-hydroxylation sites is 2. The zero-order valence-corrected chi connectivity index (χ0v) is 28.0. The van der Waals surface area contributed by atoms with Crippen LogP contribution in [-0.2, 0) is 5.41 Å². The number of hydrogen-bond acceptors (Lipinski definition) is 3. The number of rotatable bonds is 5. The molecule has 2 aromatic heterocycles. The van der Waals surface area contributed by atoms with Crippen LogP contribution in [0.4, 0.5) is 0 Å². The van der Waals surface area contributed by atoms with Gasteiger partial charge in [0, 0.05) is 38.4 Å². The molecule has 3 heteroatoms. The van der Waals surface area contributed by atoms with Gasteiger partial charge in [0.2, 0.25) is 0 Å². The van der Waals surface area contributed by atoms with E-state index in [-0.39, 0.29) is 5.41 Å². The monoisotopic (exact) mass is 652 g/mol. The molecule has 1 unspecified atom stereocenters. The highest BCUT2D eigenvalue weighted by molar-refractivity contribution is 6.10. The van der Waals surface area contributed by atoms with Crippen LogP contribution in [0.2, 0.25) is 0 Å². The number of aromatic nitrogens is 2. The summed E-state index contributed by atoms with van der Waals surface area (Å²) < 4.78 is 6.52. The maximum atomic E-state index is 6.52. The first-order valence-electron chi connectivity index (χ1n) is 17.4. The maximum Gasteiger partial charge on any atom is 0.160 e. The van der Waals surface area contributed by atoms with Crippen molar-refractivity contribution in [3.8, 4) is 56.2 Å². The standard InChI is InChI=1S/C48H32N2O/c1-48(32-18-6-3-7-19-32)40-27-12-10-23-38(40)45-39(26-15-28-41(45)48)43-30-42(49-47(50-43)31-16-4-2-5-17-31)34-21-9-8-20-33(34)36-24-14-25-37-35-22-11-13-29-44(35)51-46(36)37/h2-30H,1H3. The second kappa shape index (κ2) is 11.5. The van der Waals surface area contributed by atoms with Crippen LogP contribution in [0.25, 0.3) is 78.1 Å². The van der Waals surface area contributed by atoms with Crippen molar-refractivity contribution in [1.82, 2.24) is 9.97 Å². The van der Waals surface area contributed by atoms with Crippen molar-refractivity contribution >= 4 is 21.9 Å². The van der Waals surface area contributed by atoms with Crippen LogP contribution < -0.4 is 0 Å². The summed E-state index contributed by atoms with van der Waals surface area (Å²) >= 11 is 0. The van der Waals surface area contributed by atoms with E-state index in [1.807, 2.05) is 30.3 Å². The van der Waals surface area contributed by atoms with Crippen LogP contribution in [0.1, 0.15) is 23.6 Å². The third-order valence-corrected chi connectivity index (χ3v) is 10.6. The molecular formula is C48H32N2O. The lowest BCUT2D eigenvalue weighted by atomic mass is 9.74. The van der Waals surface area contributed by atoms with Gasteiger partial charge in [-0.15, -0.1) is 0 Å². The average molecular weight is 653 g/mol. The first kappa shape index (κ1) is 29.3. The molecule has 0 saturated heterocycles. The van der Waals surface area contributed by atoms with Crippen LogP contribution >= 0.6 is 0 Å². The molecule has 10 rings (SSSR count). The minimum absolute atomic E-state index is 0.306. The predicted octanol–water partition coefficient (Wildman–Crippen LogP) is 12.4. The zero-order valence-electron chi connectivity index (χ0n) is 28.0. The molecule has 51 heavy (non-hydrogen) atoms. The van der Waals surface area contributed by atoms with E-state index in [9.17, 15) is 0 Å². The summed E-state index contributed by atoms with van der Waals surface area (Å²) in [5.74, 6) is 0.689. The molecule has 7 aromatic carbocycles. The minimum Gasteiger partial charge on any atom is -0.455 e. The van der Waals surface area contributed by atoms with Crippen molar-refractivity contribution in [1.29, 1.82) is 0 Å². The molecule has 1 atom stereocenters. The van der Waals surface area contributed by atoms with Crippen LogP contribution in [0, 0.1) is 0 Å². The number of benzene rings is 7. The molecule has 0 bridgehead atoms. The summed E-state index contributed by atoms with van der Waals surface area (Å²) in [5.41, 5.74) is 14.7. The molecule has 0 radical (unpaired) electrons. The average Bonchev–Trinajstić information content (AvgIpc) is 3.72. The smallest absolute Gasteiger partial charge is 0.160 e. The summed E-state index contributed by atoms with van der Waals surface area (Å²) in [7, 11) is 0. The van der Waals surface area contributed by atoms with E-state index >= 15 is 0 Å². The lowest BCUT2D eigenvalue weighted by molar-refractivity contribution is 0.670. The van der Waals surface area contributed by atoms with E-state index in [1.165, 1.54) is 27.8 Å². The van der Waals surface area contributed by atoms with Gasteiger partial charge in [-0.25, -0.2) is 9.97 Å². The van der Waals surface area contributed by atoms with Crippen molar-refractivity contribution in [2.45, 2.75) is 12.3 Å². The molecule has 0 spiro atoms. The Morgan fingerprint density at radius 2 is 1.02 bits per heavy atom. The summed E-state index contributed by atoms with van der Waals surface area (Å²) in [6.45, 7) is 2.35. The Hall–Kier alpha value is -6.58. The predicted molar refractivity (Wildman–Crippen MR) is 208 cm³/mol. The second-order valence-electron chi connectivity index (χ2n) is 13.4. The third kappa shape index (κ3) is 4.52. The Labute approximate surface area is 296 Å². The van der Waals surface area contributed by atoms with Crippen molar-refractivity contribution in [3.05, 3.63) is 193 Å². The van der Waals surface area contributed by atoms with Gasteiger partial charge < -0.3 is 4.42 Å². The van der Waals surface area contributed by atoms with Gasteiger partial charge in [0.15, 0.2) is 5.82 Å². The lowest BCUT2D eigenvalue weighted by Crippen LogP contribution is -2.22. The van der Waals surface area contributed by atoms with E-state index in [0.29, 0.717) is 5.82 Å². The third-order valence-electron chi connectivity index (χ3n) is 10.6. The van der Waals surface area contributed by atoms with Gasteiger partial charge in [-0.2, -0.15) is 0 Å². The van der Waals surface area contributed by atoms with Crippen LogP contribution in [0.3, 0.4) is 0 Å². The first-order chi connectivity index (χ1) is 25.2. The van der Waals surface area contributed by atoms with Crippen LogP contribution in [-0.4, -0.2) is 9.97 Å². The first-order valence-corrected chi connectivity index (χ1v) is 17.4. The molecule has 1 aliphatic rings. The fraction of sp³-hybridized carbons (Fsp3) is 0.0417. The van der Waals surface area contributed by atoms with Gasteiger partial charge in [0.25, 0.3) is 0 Å². The highest BCUT2D eigenvalue weighted by Gasteiger charge is 2.41. The Bertz CT molecular complexity index is 2760. The fourth-order valence-corrected chi connectivity index (χ4v) is 8.18. The topological polar surface area (TPSA) is 38.9 Å². The Balaban J connectivity index is 1.22. The molecular weight excluding hydrogens is 621 g/mol. The SMILES string of the molecule is CC1(c2ccccc2)c2ccccc2-c2c(-c3cc(-c4ccccc4-c4cccc5c4oc4ccccc45)nc(-c4ccccc4)n3)cccc21. The molecule has 0 amide bonds. The molecule has 1 aliphatic carbocycles. The fourth-order valence-electron chi connectivity index (χ4n) is 8.18. The van der Waals surface area contributed by atoms with E-state index in [0.717, 1.165) is 61.1 Å². The summed E-state index contributed by atoms with van der Waals surface area (Å²) in [4.78, 5) is 10.6. The molecule has 0 aliphatic heterocycles. The zero-order chi connectivity index (χ0) is 33.9. The van der Waals surface area contributed by atoms with E-state index in [2.05, 4.69) is 153 Å². The van der Waals surface area contributed by atoms with E-state index in [4.69, 9.17) is 14.4 Å². The molecule has 9 aromatic rings. The highest BCUT2D eigenvalue weighted by atomic mass is 16.3.